The van der Waals surface area contributed by atoms with E-state index >= 15 is 0 Å². The average molecular weight is 243 g/mol. The maximum absolute atomic E-state index is 5.54. The monoisotopic (exact) mass is 242 g/mol. The Balaban J connectivity index is 2.13. The molecule has 0 amide bonds. The largest absolute Gasteiger partial charge is 0.494 e. The van der Waals surface area contributed by atoms with Crippen molar-refractivity contribution >= 4 is 15.9 Å². The molecule has 0 saturated carbocycles. The van der Waals surface area contributed by atoms with E-state index in [9.17, 15) is 0 Å². The van der Waals surface area contributed by atoms with E-state index in [1.807, 2.05) is 30.3 Å². The quantitative estimate of drug-likeness (QED) is 0.566. The Morgan fingerprint density at radius 1 is 1.31 bits per heavy atom. The molecule has 0 aromatic heterocycles. The third kappa shape index (κ3) is 4.94. The molecule has 1 atom stereocenters. The zero-order chi connectivity index (χ0) is 9.52. The van der Waals surface area contributed by atoms with Gasteiger partial charge in [0.25, 0.3) is 0 Å². The van der Waals surface area contributed by atoms with Crippen LogP contribution in [0.2, 0.25) is 0 Å². The Morgan fingerprint density at radius 3 is 2.62 bits per heavy atom. The first-order valence-corrected chi connectivity index (χ1v) is 5.52. The number of ether oxygens (including phenoxy) is 1. The summed E-state index contributed by atoms with van der Waals surface area (Å²) in [6, 6.07) is 9.94. The molecule has 72 valence electrons. The van der Waals surface area contributed by atoms with Gasteiger partial charge in [-0.25, -0.2) is 0 Å². The van der Waals surface area contributed by atoms with Crippen LogP contribution in [0, 0.1) is 0 Å². The Labute approximate surface area is 88.2 Å². The number of benzene rings is 1. The first kappa shape index (κ1) is 10.6. The van der Waals surface area contributed by atoms with Crippen LogP contribution in [0.5, 0.6) is 5.75 Å². The van der Waals surface area contributed by atoms with Crippen LogP contribution < -0.4 is 4.74 Å². The molecule has 0 aliphatic carbocycles. The predicted octanol–water partition coefficient (Wildman–Crippen LogP) is 3.63. The normalized spacial score (nSPS) is 12.5. The highest BCUT2D eigenvalue weighted by molar-refractivity contribution is 9.09. The molecule has 13 heavy (non-hydrogen) atoms. The highest BCUT2D eigenvalue weighted by Crippen LogP contribution is 2.10. The van der Waals surface area contributed by atoms with E-state index in [0.717, 1.165) is 25.2 Å². The van der Waals surface area contributed by atoms with Crippen LogP contribution in [0.15, 0.2) is 30.3 Å². The Morgan fingerprint density at radius 2 is 2.00 bits per heavy atom. The van der Waals surface area contributed by atoms with E-state index in [4.69, 9.17) is 4.74 Å². The second-order valence-electron chi connectivity index (χ2n) is 3.08. The standard InChI is InChI=1S/C11H15BrO/c1-10(12)6-5-9-13-11-7-3-2-4-8-11/h2-4,7-8,10H,5-6,9H2,1H3. The second-order valence-corrected chi connectivity index (χ2v) is 4.65. The van der Waals surface area contributed by atoms with Gasteiger partial charge in [-0.05, 0) is 25.0 Å². The number of hydrogen-bond donors (Lipinski definition) is 0. The predicted molar refractivity (Wildman–Crippen MR) is 59.6 cm³/mol. The van der Waals surface area contributed by atoms with Gasteiger partial charge in [0.2, 0.25) is 0 Å². The Kier molecular flexibility index (Phi) is 4.91. The minimum Gasteiger partial charge on any atom is -0.494 e. The van der Waals surface area contributed by atoms with Gasteiger partial charge in [0.05, 0.1) is 6.61 Å². The molecule has 1 rings (SSSR count). The molecule has 1 aromatic carbocycles. The first-order valence-electron chi connectivity index (χ1n) is 4.61. The van der Waals surface area contributed by atoms with Gasteiger partial charge in [-0.15, -0.1) is 0 Å². The molecule has 0 aliphatic rings. The van der Waals surface area contributed by atoms with Gasteiger partial charge in [0, 0.05) is 4.83 Å². The van der Waals surface area contributed by atoms with Crippen LogP contribution >= 0.6 is 15.9 Å². The highest BCUT2D eigenvalue weighted by Gasteiger charge is 1.96. The van der Waals surface area contributed by atoms with E-state index in [-0.39, 0.29) is 0 Å². The average Bonchev–Trinajstić information content (AvgIpc) is 2.14. The van der Waals surface area contributed by atoms with Crippen LogP contribution in [-0.4, -0.2) is 11.4 Å². The zero-order valence-corrected chi connectivity index (χ0v) is 9.46. The summed E-state index contributed by atoms with van der Waals surface area (Å²) in [5.74, 6) is 0.963. The van der Waals surface area contributed by atoms with E-state index < -0.39 is 0 Å². The molecule has 0 fully saturated rings. The summed E-state index contributed by atoms with van der Waals surface area (Å²) in [5, 5.41) is 0. The third-order valence-electron chi connectivity index (χ3n) is 1.76. The summed E-state index contributed by atoms with van der Waals surface area (Å²) < 4.78 is 5.54. The Bertz CT molecular complexity index is 221. The lowest BCUT2D eigenvalue weighted by molar-refractivity contribution is 0.307. The lowest BCUT2D eigenvalue weighted by Gasteiger charge is -2.06. The molecule has 0 aliphatic heterocycles. The number of para-hydroxylation sites is 1. The van der Waals surface area contributed by atoms with Gasteiger partial charge >= 0.3 is 0 Å². The van der Waals surface area contributed by atoms with Gasteiger partial charge in [0.15, 0.2) is 0 Å². The molecular weight excluding hydrogens is 228 g/mol. The van der Waals surface area contributed by atoms with Gasteiger partial charge in [-0.1, -0.05) is 41.1 Å². The third-order valence-corrected chi connectivity index (χ3v) is 2.22. The van der Waals surface area contributed by atoms with Gasteiger partial charge in [-0.3, -0.25) is 0 Å². The summed E-state index contributed by atoms with van der Waals surface area (Å²) >= 11 is 3.51. The maximum Gasteiger partial charge on any atom is 0.119 e. The fourth-order valence-electron chi connectivity index (χ4n) is 1.07. The molecule has 0 saturated heterocycles. The van der Waals surface area contributed by atoms with Crippen molar-refractivity contribution in [1.82, 2.24) is 0 Å². The lowest BCUT2D eigenvalue weighted by Crippen LogP contribution is -2.00. The molecule has 0 radical (unpaired) electrons. The minimum atomic E-state index is 0.590. The van der Waals surface area contributed by atoms with E-state index in [0.29, 0.717) is 4.83 Å². The molecule has 0 bridgehead atoms. The van der Waals surface area contributed by atoms with Crippen LogP contribution in [0.4, 0.5) is 0 Å². The molecule has 1 aromatic rings. The zero-order valence-electron chi connectivity index (χ0n) is 7.87. The van der Waals surface area contributed by atoms with Crippen molar-refractivity contribution < 1.29 is 4.74 Å². The van der Waals surface area contributed by atoms with Crippen LogP contribution in [0.1, 0.15) is 19.8 Å². The fraction of sp³-hybridized carbons (Fsp3) is 0.455. The number of halogens is 1. The van der Waals surface area contributed by atoms with Gasteiger partial charge < -0.3 is 4.74 Å². The first-order chi connectivity index (χ1) is 6.29. The number of rotatable bonds is 5. The molecule has 0 heterocycles. The Hall–Kier alpha value is -0.500. The van der Waals surface area contributed by atoms with Crippen LogP contribution in [0.3, 0.4) is 0 Å². The van der Waals surface area contributed by atoms with Crippen molar-refractivity contribution in [3.05, 3.63) is 30.3 Å². The number of alkyl halides is 1. The highest BCUT2D eigenvalue weighted by atomic mass is 79.9. The molecule has 1 unspecified atom stereocenters. The summed E-state index contributed by atoms with van der Waals surface area (Å²) in [4.78, 5) is 0.590. The van der Waals surface area contributed by atoms with E-state index in [1.54, 1.807) is 0 Å². The van der Waals surface area contributed by atoms with Gasteiger partial charge in [-0.2, -0.15) is 0 Å². The van der Waals surface area contributed by atoms with Crippen LogP contribution in [-0.2, 0) is 0 Å². The maximum atomic E-state index is 5.54. The van der Waals surface area contributed by atoms with E-state index in [2.05, 4.69) is 22.9 Å². The van der Waals surface area contributed by atoms with Crippen molar-refractivity contribution in [2.24, 2.45) is 0 Å². The summed E-state index contributed by atoms with van der Waals surface area (Å²) in [7, 11) is 0. The molecule has 1 nitrogen and oxygen atoms in total. The van der Waals surface area contributed by atoms with Crippen LogP contribution in [0.25, 0.3) is 0 Å². The van der Waals surface area contributed by atoms with Crippen molar-refractivity contribution in [2.45, 2.75) is 24.6 Å². The van der Waals surface area contributed by atoms with Crippen molar-refractivity contribution in [3.63, 3.8) is 0 Å². The van der Waals surface area contributed by atoms with Crippen molar-refractivity contribution in [3.8, 4) is 5.75 Å². The topological polar surface area (TPSA) is 9.23 Å². The van der Waals surface area contributed by atoms with E-state index in [1.165, 1.54) is 0 Å². The summed E-state index contributed by atoms with van der Waals surface area (Å²) in [6.07, 6.45) is 2.26. The molecule has 0 N–H and O–H groups in total. The van der Waals surface area contributed by atoms with Crippen molar-refractivity contribution in [1.29, 1.82) is 0 Å². The molecule has 0 spiro atoms. The van der Waals surface area contributed by atoms with Crippen molar-refractivity contribution in [2.75, 3.05) is 6.61 Å². The molecular formula is C11H15BrO. The minimum absolute atomic E-state index is 0.590. The smallest absolute Gasteiger partial charge is 0.119 e. The number of hydrogen-bond acceptors (Lipinski definition) is 1. The SMILES string of the molecule is CC(Br)CCCOc1ccccc1. The van der Waals surface area contributed by atoms with Gasteiger partial charge in [0.1, 0.15) is 5.75 Å². The fourth-order valence-corrected chi connectivity index (χ4v) is 1.40. The summed E-state index contributed by atoms with van der Waals surface area (Å²) in [6.45, 7) is 2.96. The molecule has 2 heteroatoms. The summed E-state index contributed by atoms with van der Waals surface area (Å²) in [5.41, 5.74) is 0. The second kappa shape index (κ2) is 6.03. The lowest BCUT2D eigenvalue weighted by atomic mass is 10.3.